The molecule has 0 N–H and O–H groups in total. The number of pyridine rings is 2. The van der Waals surface area contributed by atoms with Gasteiger partial charge >= 0.3 is 0 Å². The fraction of sp³-hybridized carbons (Fsp3) is 0.400. The number of benzene rings is 2. The van der Waals surface area contributed by atoms with Gasteiger partial charge in [0.15, 0.2) is 0 Å². The van der Waals surface area contributed by atoms with Crippen molar-refractivity contribution < 1.29 is 4.74 Å². The zero-order valence-corrected chi connectivity index (χ0v) is 19.6. The van der Waals surface area contributed by atoms with E-state index in [0.29, 0.717) is 6.61 Å². The van der Waals surface area contributed by atoms with Gasteiger partial charge < -0.3 is 9.64 Å². The maximum atomic E-state index is 6.79. The second-order valence-corrected chi connectivity index (χ2v) is 10.8. The minimum atomic E-state index is 0.119. The highest BCUT2D eigenvalue weighted by molar-refractivity contribution is 5.83. The number of ether oxygens (including phenoxy) is 1. The predicted molar refractivity (Wildman–Crippen MR) is 137 cm³/mol. The fourth-order valence-corrected chi connectivity index (χ4v) is 7.32. The van der Waals surface area contributed by atoms with Crippen molar-refractivity contribution in [3.63, 3.8) is 0 Å². The first-order valence-electron chi connectivity index (χ1n) is 12.9. The van der Waals surface area contributed by atoms with Gasteiger partial charge in [0.1, 0.15) is 11.6 Å². The molecule has 4 aliphatic carbocycles. The Bertz CT molecular complexity index is 1230. The van der Waals surface area contributed by atoms with Crippen LogP contribution in [-0.4, -0.2) is 28.7 Å². The van der Waals surface area contributed by atoms with Gasteiger partial charge in [0, 0.05) is 17.3 Å². The molecule has 0 radical (unpaired) electrons. The zero-order chi connectivity index (χ0) is 22.5. The second kappa shape index (κ2) is 8.06. The van der Waals surface area contributed by atoms with Crippen LogP contribution in [0.3, 0.4) is 0 Å². The molecule has 2 aromatic heterocycles. The minimum Gasteiger partial charge on any atom is -0.373 e. The summed E-state index contributed by atoms with van der Waals surface area (Å²) in [6.07, 6.45) is 8.12. The normalized spacial score (nSPS) is 27.5. The summed E-state index contributed by atoms with van der Waals surface area (Å²) in [7, 11) is 0. The van der Waals surface area contributed by atoms with Crippen LogP contribution in [0.5, 0.6) is 0 Å². The van der Waals surface area contributed by atoms with Gasteiger partial charge in [-0.15, -0.1) is 0 Å². The van der Waals surface area contributed by atoms with Crippen molar-refractivity contribution in [2.24, 2.45) is 17.8 Å². The minimum absolute atomic E-state index is 0.119. The van der Waals surface area contributed by atoms with E-state index in [9.17, 15) is 0 Å². The number of anilines is 2. The summed E-state index contributed by atoms with van der Waals surface area (Å²) in [5.41, 5.74) is 2.13. The van der Waals surface area contributed by atoms with Crippen LogP contribution in [0.4, 0.5) is 11.6 Å². The molecule has 4 heteroatoms. The first kappa shape index (κ1) is 20.4. The number of hydrogen-bond acceptors (Lipinski definition) is 4. The quantitative estimate of drug-likeness (QED) is 0.321. The van der Waals surface area contributed by atoms with E-state index in [1.165, 1.54) is 38.5 Å². The Morgan fingerprint density at radius 3 is 1.71 bits per heavy atom. The molecule has 0 spiro atoms. The Morgan fingerprint density at radius 2 is 1.18 bits per heavy atom. The molecule has 4 bridgehead atoms. The summed E-state index contributed by atoms with van der Waals surface area (Å²) in [5, 5.41) is 2.31. The summed E-state index contributed by atoms with van der Waals surface area (Å²) in [4.78, 5) is 12.3. The molecule has 4 nitrogen and oxygen atoms in total. The average Bonchev–Trinajstić information content (AvgIpc) is 2.85. The lowest BCUT2D eigenvalue weighted by atomic mass is 9.54. The van der Waals surface area contributed by atoms with Crippen LogP contribution in [0.15, 0.2) is 72.8 Å². The molecule has 34 heavy (non-hydrogen) atoms. The monoisotopic (exact) mass is 449 g/mol. The molecule has 0 amide bonds. The van der Waals surface area contributed by atoms with E-state index >= 15 is 0 Å². The molecule has 172 valence electrons. The standard InChI is InChI=1S/C30H31N3O/c1-3-7-26-24(5-1)9-11-28(31-26)33(29-12-10-25-6-2-4-8-27(25)32-29)13-14-34-30-18-21-15-22(19-30)17-23(16-21)20-30/h1-12,21-23H,13-20H2. The highest BCUT2D eigenvalue weighted by Crippen LogP contribution is 2.57. The summed E-state index contributed by atoms with van der Waals surface area (Å²) in [6.45, 7) is 1.45. The van der Waals surface area contributed by atoms with Crippen molar-refractivity contribution in [2.75, 3.05) is 18.1 Å². The average molecular weight is 450 g/mol. The Labute approximate surface area is 201 Å². The molecule has 4 fully saturated rings. The Kier molecular flexibility index (Phi) is 4.83. The first-order chi connectivity index (χ1) is 16.7. The fourth-order valence-electron chi connectivity index (χ4n) is 7.32. The third-order valence-corrected chi connectivity index (χ3v) is 8.43. The van der Waals surface area contributed by atoms with E-state index in [1.54, 1.807) is 0 Å². The molecule has 4 aliphatic rings. The van der Waals surface area contributed by atoms with Crippen LogP contribution < -0.4 is 4.90 Å². The van der Waals surface area contributed by atoms with E-state index in [2.05, 4.69) is 65.6 Å². The highest BCUT2D eigenvalue weighted by atomic mass is 16.5. The third-order valence-electron chi connectivity index (χ3n) is 8.43. The van der Waals surface area contributed by atoms with Gasteiger partial charge in [-0.25, -0.2) is 9.97 Å². The van der Waals surface area contributed by atoms with E-state index in [1.807, 2.05) is 12.1 Å². The molecule has 4 saturated carbocycles. The smallest absolute Gasteiger partial charge is 0.134 e. The Balaban J connectivity index is 1.19. The van der Waals surface area contributed by atoms with Gasteiger partial charge in [-0.2, -0.15) is 0 Å². The maximum absolute atomic E-state index is 6.79. The van der Waals surface area contributed by atoms with Crippen molar-refractivity contribution >= 4 is 33.4 Å². The number of rotatable bonds is 6. The Hall–Kier alpha value is -2.98. The molecule has 4 aromatic rings. The third kappa shape index (κ3) is 3.65. The number of fused-ring (bicyclic) bond motifs is 2. The summed E-state index contributed by atoms with van der Waals surface area (Å²) < 4.78 is 6.79. The van der Waals surface area contributed by atoms with Gasteiger partial charge in [0.2, 0.25) is 0 Å². The van der Waals surface area contributed by atoms with E-state index in [4.69, 9.17) is 14.7 Å². The molecular formula is C30H31N3O. The second-order valence-electron chi connectivity index (χ2n) is 10.8. The number of nitrogens with zero attached hydrogens (tertiary/aromatic N) is 3. The highest BCUT2D eigenvalue weighted by Gasteiger charge is 2.51. The molecular weight excluding hydrogens is 418 g/mol. The van der Waals surface area contributed by atoms with Crippen molar-refractivity contribution in [3.8, 4) is 0 Å². The number of hydrogen-bond donors (Lipinski definition) is 0. The van der Waals surface area contributed by atoms with E-state index < -0.39 is 0 Å². The zero-order valence-electron chi connectivity index (χ0n) is 19.6. The molecule has 0 aliphatic heterocycles. The van der Waals surface area contributed by atoms with Crippen LogP contribution in [0, 0.1) is 17.8 Å². The van der Waals surface area contributed by atoms with Crippen molar-refractivity contribution in [2.45, 2.75) is 44.1 Å². The largest absolute Gasteiger partial charge is 0.373 e. The van der Waals surface area contributed by atoms with Crippen LogP contribution in [0.25, 0.3) is 21.8 Å². The SMILES string of the molecule is c1ccc2nc(N(CCOC34CC5CC(CC(C5)C3)C4)c3ccc4ccccc4n3)ccc2c1. The van der Waals surface area contributed by atoms with Crippen LogP contribution in [0.2, 0.25) is 0 Å². The lowest BCUT2D eigenvalue weighted by Crippen LogP contribution is -2.52. The number of para-hydroxylation sites is 2. The van der Waals surface area contributed by atoms with Gasteiger partial charge in [0.25, 0.3) is 0 Å². The van der Waals surface area contributed by atoms with Gasteiger partial charge in [-0.3, -0.25) is 0 Å². The summed E-state index contributed by atoms with van der Waals surface area (Å²) in [5.74, 6) is 4.54. The predicted octanol–water partition coefficient (Wildman–Crippen LogP) is 6.91. The summed E-state index contributed by atoms with van der Waals surface area (Å²) >= 11 is 0. The van der Waals surface area contributed by atoms with Gasteiger partial charge in [-0.1, -0.05) is 36.4 Å². The molecule has 0 unspecified atom stereocenters. The van der Waals surface area contributed by atoms with Crippen molar-refractivity contribution in [1.29, 1.82) is 0 Å². The lowest BCUT2D eigenvalue weighted by Gasteiger charge is -2.56. The van der Waals surface area contributed by atoms with E-state index in [0.717, 1.165) is 57.7 Å². The summed E-state index contributed by atoms with van der Waals surface area (Å²) in [6, 6.07) is 25.2. The topological polar surface area (TPSA) is 38.2 Å². The van der Waals surface area contributed by atoms with Crippen LogP contribution >= 0.6 is 0 Å². The van der Waals surface area contributed by atoms with Gasteiger partial charge in [0.05, 0.1) is 23.2 Å². The van der Waals surface area contributed by atoms with Crippen molar-refractivity contribution in [1.82, 2.24) is 9.97 Å². The molecule has 0 saturated heterocycles. The molecule has 0 atom stereocenters. The maximum Gasteiger partial charge on any atom is 0.134 e. The van der Waals surface area contributed by atoms with Gasteiger partial charge in [-0.05, 0) is 92.7 Å². The van der Waals surface area contributed by atoms with E-state index in [-0.39, 0.29) is 5.60 Å². The number of aromatic nitrogens is 2. The molecule has 2 aromatic carbocycles. The van der Waals surface area contributed by atoms with Crippen LogP contribution in [0.1, 0.15) is 38.5 Å². The lowest BCUT2D eigenvalue weighted by molar-refractivity contribution is -0.160. The molecule has 2 heterocycles. The first-order valence-corrected chi connectivity index (χ1v) is 12.9. The van der Waals surface area contributed by atoms with Crippen molar-refractivity contribution in [3.05, 3.63) is 72.8 Å². The Morgan fingerprint density at radius 1 is 0.676 bits per heavy atom. The van der Waals surface area contributed by atoms with Crippen LogP contribution in [-0.2, 0) is 4.74 Å². The molecule has 8 rings (SSSR count).